The molecule has 1 heterocycles. The Morgan fingerprint density at radius 2 is 2.18 bits per heavy atom. The molecular weight excluding hydrogens is 220 g/mol. The second-order valence-corrected chi connectivity index (χ2v) is 3.76. The number of rotatable bonds is 4. The fourth-order valence-corrected chi connectivity index (χ4v) is 1.80. The first-order valence-corrected chi connectivity index (χ1v) is 5.42. The zero-order valence-electron chi connectivity index (χ0n) is 9.97. The Balaban J connectivity index is 2.17. The van der Waals surface area contributed by atoms with Crippen LogP contribution in [0.2, 0.25) is 0 Å². The van der Waals surface area contributed by atoms with Crippen molar-refractivity contribution in [3.8, 4) is 11.5 Å². The topological polar surface area (TPSA) is 52.9 Å². The highest BCUT2D eigenvalue weighted by Gasteiger charge is 2.22. The van der Waals surface area contributed by atoms with Crippen LogP contribution in [0.15, 0.2) is 18.2 Å². The largest absolute Gasteiger partial charge is 0.497 e. The van der Waals surface area contributed by atoms with Gasteiger partial charge < -0.3 is 14.4 Å². The van der Waals surface area contributed by atoms with Gasteiger partial charge in [0.25, 0.3) is 0 Å². The summed E-state index contributed by atoms with van der Waals surface area (Å²) >= 11 is 0. The molecule has 0 unspecified atom stereocenters. The van der Waals surface area contributed by atoms with Gasteiger partial charge in [-0.05, 0) is 12.1 Å². The molecule has 1 aliphatic heterocycles. The van der Waals surface area contributed by atoms with E-state index in [9.17, 15) is 4.79 Å². The van der Waals surface area contributed by atoms with Gasteiger partial charge in [0.15, 0.2) is 0 Å². The van der Waals surface area contributed by atoms with Crippen LogP contribution in [0.3, 0.4) is 0 Å². The first-order valence-electron chi connectivity index (χ1n) is 5.42. The normalized spacial score (nSPS) is 14.7. The van der Waals surface area contributed by atoms with Crippen LogP contribution in [0, 0.1) is 0 Å². The summed E-state index contributed by atoms with van der Waals surface area (Å²) in [5.41, 5.74) is 0.957. The predicted octanol–water partition coefficient (Wildman–Crippen LogP) is 1.24. The van der Waals surface area contributed by atoms with E-state index in [0.717, 1.165) is 17.1 Å². The summed E-state index contributed by atoms with van der Waals surface area (Å²) in [7, 11) is 3.21. The predicted molar refractivity (Wildman–Crippen MR) is 62.4 cm³/mol. The lowest BCUT2D eigenvalue weighted by Crippen LogP contribution is -2.25. The maximum absolute atomic E-state index is 11.4. The lowest BCUT2D eigenvalue weighted by molar-refractivity contribution is 0.214. The van der Waals surface area contributed by atoms with Crippen LogP contribution >= 0.6 is 0 Å². The molecule has 1 saturated heterocycles. The molecule has 1 aromatic carbocycles. The van der Waals surface area contributed by atoms with Gasteiger partial charge in [-0.3, -0.25) is 0 Å². The quantitative estimate of drug-likeness (QED) is 0.789. The fourth-order valence-electron chi connectivity index (χ4n) is 1.80. The summed E-state index contributed by atoms with van der Waals surface area (Å²) in [5, 5.41) is 3.82. The van der Waals surface area contributed by atoms with E-state index in [1.165, 1.54) is 0 Å². The maximum atomic E-state index is 11.4. The van der Waals surface area contributed by atoms with Crippen molar-refractivity contribution < 1.29 is 14.3 Å². The zero-order valence-corrected chi connectivity index (χ0v) is 9.97. The highest BCUT2D eigenvalue weighted by atomic mass is 16.5. The minimum absolute atomic E-state index is 0.150. The van der Waals surface area contributed by atoms with Crippen LogP contribution in [-0.2, 0) is 6.54 Å². The van der Waals surface area contributed by atoms with Gasteiger partial charge in [0.1, 0.15) is 11.5 Å². The van der Waals surface area contributed by atoms with Gasteiger partial charge in [-0.15, -0.1) is 0 Å². The average molecular weight is 235 g/mol. The van der Waals surface area contributed by atoms with Crippen LogP contribution in [0.5, 0.6) is 11.5 Å². The summed E-state index contributed by atoms with van der Waals surface area (Å²) < 4.78 is 10.4. The maximum Gasteiger partial charge on any atom is 0.339 e. The molecule has 0 saturated carbocycles. The van der Waals surface area contributed by atoms with E-state index >= 15 is 0 Å². The molecule has 2 rings (SSSR count). The number of hydrogen-bond acceptors (Lipinski definition) is 3. The molecule has 0 atom stereocenters. The molecule has 1 radical (unpaired) electrons. The molecule has 91 valence electrons. The van der Waals surface area contributed by atoms with E-state index in [4.69, 9.17) is 9.47 Å². The third-order valence-corrected chi connectivity index (χ3v) is 2.74. The molecule has 2 amide bonds. The number of carbonyl (C=O) groups excluding carboxylic acids is 1. The number of hydrogen-bond donors (Lipinski definition) is 0. The Labute approximate surface area is 100 Å². The van der Waals surface area contributed by atoms with Gasteiger partial charge >= 0.3 is 6.03 Å². The molecular formula is C12H15N2O3. The van der Waals surface area contributed by atoms with Crippen molar-refractivity contribution in [1.29, 1.82) is 0 Å². The molecule has 17 heavy (non-hydrogen) atoms. The zero-order chi connectivity index (χ0) is 12.3. The van der Waals surface area contributed by atoms with Gasteiger partial charge in [-0.25, -0.2) is 10.1 Å². The van der Waals surface area contributed by atoms with Crippen LogP contribution < -0.4 is 14.8 Å². The van der Waals surface area contributed by atoms with E-state index in [1.54, 1.807) is 19.1 Å². The molecule has 5 nitrogen and oxygen atoms in total. The van der Waals surface area contributed by atoms with Crippen LogP contribution in [-0.4, -0.2) is 38.2 Å². The van der Waals surface area contributed by atoms with E-state index in [2.05, 4.69) is 5.32 Å². The van der Waals surface area contributed by atoms with E-state index in [0.29, 0.717) is 19.6 Å². The summed E-state index contributed by atoms with van der Waals surface area (Å²) in [6.07, 6.45) is 0. The Morgan fingerprint density at radius 3 is 2.76 bits per heavy atom. The number of amides is 2. The Morgan fingerprint density at radius 1 is 1.35 bits per heavy atom. The third kappa shape index (κ3) is 2.43. The van der Waals surface area contributed by atoms with E-state index in [-0.39, 0.29) is 6.03 Å². The first-order chi connectivity index (χ1) is 8.24. The summed E-state index contributed by atoms with van der Waals surface area (Å²) in [5.74, 6) is 1.46. The molecule has 0 spiro atoms. The molecule has 0 bridgehead atoms. The average Bonchev–Trinajstić information content (AvgIpc) is 2.75. The SMILES string of the molecule is COc1ccc(CN2CC[N]C2=O)c(OC)c1. The Bertz CT molecular complexity index is 420. The summed E-state index contributed by atoms with van der Waals surface area (Å²) in [6.45, 7) is 1.78. The van der Waals surface area contributed by atoms with Crippen molar-refractivity contribution in [2.24, 2.45) is 0 Å². The molecule has 1 aromatic rings. The van der Waals surface area contributed by atoms with Gasteiger partial charge in [0.05, 0.1) is 27.3 Å². The van der Waals surface area contributed by atoms with E-state index < -0.39 is 0 Å². The molecule has 1 aliphatic rings. The summed E-state index contributed by atoms with van der Waals surface area (Å²) in [6, 6.07) is 5.43. The number of benzene rings is 1. The first kappa shape index (κ1) is 11.6. The molecule has 1 fully saturated rings. The van der Waals surface area contributed by atoms with Crippen LogP contribution in [0.1, 0.15) is 5.56 Å². The lowest BCUT2D eigenvalue weighted by Gasteiger charge is -2.16. The Kier molecular flexibility index (Phi) is 3.37. The van der Waals surface area contributed by atoms with Gasteiger partial charge in [0, 0.05) is 18.2 Å². The van der Waals surface area contributed by atoms with Gasteiger partial charge in [0.2, 0.25) is 0 Å². The molecule has 0 aromatic heterocycles. The molecule has 0 aliphatic carbocycles. The number of ether oxygens (including phenoxy) is 2. The standard InChI is InChI=1S/C12H15N2O3/c1-16-10-4-3-9(11(7-10)17-2)8-14-6-5-13-12(14)15/h3-4,7H,5-6,8H2,1-2H3. The lowest BCUT2D eigenvalue weighted by atomic mass is 10.2. The Hall–Kier alpha value is -1.91. The van der Waals surface area contributed by atoms with Crippen molar-refractivity contribution >= 4 is 6.03 Å². The van der Waals surface area contributed by atoms with E-state index in [1.807, 2.05) is 18.2 Å². The van der Waals surface area contributed by atoms with Crippen molar-refractivity contribution in [1.82, 2.24) is 10.2 Å². The smallest absolute Gasteiger partial charge is 0.339 e. The third-order valence-electron chi connectivity index (χ3n) is 2.74. The number of methoxy groups -OCH3 is 2. The number of urea groups is 1. The van der Waals surface area contributed by atoms with Gasteiger partial charge in [-0.2, -0.15) is 0 Å². The van der Waals surface area contributed by atoms with Crippen LogP contribution in [0.25, 0.3) is 0 Å². The second kappa shape index (κ2) is 4.95. The number of nitrogens with zero attached hydrogens (tertiary/aromatic N) is 2. The minimum atomic E-state index is -0.150. The van der Waals surface area contributed by atoms with Crippen LogP contribution in [0.4, 0.5) is 4.79 Å². The highest BCUT2D eigenvalue weighted by molar-refractivity contribution is 5.75. The van der Waals surface area contributed by atoms with Crippen molar-refractivity contribution in [2.45, 2.75) is 6.54 Å². The number of carbonyl (C=O) groups is 1. The van der Waals surface area contributed by atoms with Crippen molar-refractivity contribution in [3.05, 3.63) is 23.8 Å². The molecule has 5 heteroatoms. The second-order valence-electron chi connectivity index (χ2n) is 3.76. The minimum Gasteiger partial charge on any atom is -0.497 e. The monoisotopic (exact) mass is 235 g/mol. The van der Waals surface area contributed by atoms with Crippen molar-refractivity contribution in [2.75, 3.05) is 27.3 Å². The van der Waals surface area contributed by atoms with Gasteiger partial charge in [-0.1, -0.05) is 0 Å². The highest BCUT2D eigenvalue weighted by Crippen LogP contribution is 2.26. The summed E-state index contributed by atoms with van der Waals surface area (Å²) in [4.78, 5) is 13.1. The fraction of sp³-hybridized carbons (Fsp3) is 0.417. The molecule has 0 N–H and O–H groups in total. The van der Waals surface area contributed by atoms with Crippen molar-refractivity contribution in [3.63, 3.8) is 0 Å².